The second-order valence-corrected chi connectivity index (χ2v) is 9.74. The molecule has 6 rings (SSSR count). The molecule has 214 valence electrons. The number of phenols is 1. The van der Waals surface area contributed by atoms with Crippen LogP contribution in [0.1, 0.15) is 46.1 Å². The molecule has 12 nitrogen and oxygen atoms in total. The van der Waals surface area contributed by atoms with Gasteiger partial charge in [-0.2, -0.15) is 19.6 Å². The van der Waals surface area contributed by atoms with E-state index in [1.165, 1.54) is 29.4 Å². The van der Waals surface area contributed by atoms with Crippen molar-refractivity contribution in [3.05, 3.63) is 108 Å². The molecule has 3 heterocycles. The first-order chi connectivity index (χ1) is 20.3. The number of nitrogens with two attached hydrogens (primary N) is 1. The van der Waals surface area contributed by atoms with Crippen LogP contribution in [-0.4, -0.2) is 42.6 Å². The molecule has 0 bridgehead atoms. The Balaban J connectivity index is 0.000000382. The van der Waals surface area contributed by atoms with Crippen LogP contribution in [0.15, 0.2) is 89.8 Å². The summed E-state index contributed by atoms with van der Waals surface area (Å²) in [6.45, 7) is 2.40. The lowest BCUT2D eigenvalue weighted by molar-refractivity contribution is 0.0996. The first-order valence-corrected chi connectivity index (χ1v) is 13.2. The molecule has 0 unspecified atom stereocenters. The zero-order chi connectivity index (χ0) is 29.6. The first kappa shape index (κ1) is 27.9. The molecule has 1 aliphatic carbocycles. The standard InChI is InChI=1S/C26H24N4O4.C4H5N3O/c1-16-4-6-17(7-5-16)15-27-26(33)30-22(18-8-9-18)14-21(29-30)20-13-19(10-11-23(20)31)28-25(32)24-3-2-12-34-24;5-4(8)7-3-1-2-6-7/h2-7,10-14,18,31H,8-9,15H2,1H3,(H,27,33)(H,28,32);1-3H,(H2,5,8). The third kappa shape index (κ3) is 6.73. The van der Waals surface area contributed by atoms with Crippen molar-refractivity contribution in [3.63, 3.8) is 0 Å². The number of aromatic nitrogens is 4. The summed E-state index contributed by atoms with van der Waals surface area (Å²) in [5.41, 5.74) is 9.13. The predicted octanol–water partition coefficient (Wildman–Crippen LogP) is 4.85. The number of primary amides is 1. The zero-order valence-corrected chi connectivity index (χ0v) is 22.7. The quantitative estimate of drug-likeness (QED) is 0.212. The van der Waals surface area contributed by atoms with Gasteiger partial charge in [-0.1, -0.05) is 29.8 Å². The number of rotatable bonds is 6. The first-order valence-electron chi connectivity index (χ1n) is 13.2. The number of carbonyl (C=O) groups is 3. The van der Waals surface area contributed by atoms with E-state index in [0.717, 1.165) is 34.3 Å². The highest BCUT2D eigenvalue weighted by molar-refractivity contribution is 6.02. The summed E-state index contributed by atoms with van der Waals surface area (Å²) < 4.78 is 7.56. The molecule has 0 radical (unpaired) electrons. The van der Waals surface area contributed by atoms with E-state index in [-0.39, 0.29) is 23.5 Å². The Labute approximate surface area is 240 Å². The summed E-state index contributed by atoms with van der Waals surface area (Å²) in [5, 5.41) is 24.2. The molecule has 3 aromatic heterocycles. The van der Waals surface area contributed by atoms with Crippen molar-refractivity contribution in [2.75, 3.05) is 5.32 Å². The molecule has 1 aliphatic rings. The van der Waals surface area contributed by atoms with Gasteiger partial charge in [0.15, 0.2) is 5.76 Å². The maximum absolute atomic E-state index is 13.0. The number of phenolic OH excluding ortho intramolecular Hbond substituents is 1. The minimum Gasteiger partial charge on any atom is -0.507 e. The molecule has 5 N–H and O–H groups in total. The fraction of sp³-hybridized carbons (Fsp3) is 0.167. The van der Waals surface area contributed by atoms with Gasteiger partial charge in [0.1, 0.15) is 5.75 Å². The summed E-state index contributed by atoms with van der Waals surface area (Å²) in [7, 11) is 0. The smallest absolute Gasteiger partial charge is 0.342 e. The van der Waals surface area contributed by atoms with E-state index < -0.39 is 11.9 Å². The van der Waals surface area contributed by atoms with Gasteiger partial charge in [-0.05, 0) is 67.8 Å². The number of furan rings is 1. The lowest BCUT2D eigenvalue weighted by Gasteiger charge is -2.08. The third-order valence-corrected chi connectivity index (χ3v) is 6.49. The average molecular weight is 568 g/mol. The molecule has 0 spiro atoms. The second-order valence-electron chi connectivity index (χ2n) is 9.74. The van der Waals surface area contributed by atoms with Crippen LogP contribution in [0.5, 0.6) is 5.75 Å². The molecule has 12 heteroatoms. The van der Waals surface area contributed by atoms with Gasteiger partial charge in [-0.3, -0.25) is 4.79 Å². The summed E-state index contributed by atoms with van der Waals surface area (Å²) in [6, 6.07) is 18.4. The molecule has 1 fully saturated rings. The molecular weight excluding hydrogens is 538 g/mol. The number of carbonyl (C=O) groups excluding carboxylic acids is 3. The fourth-order valence-electron chi connectivity index (χ4n) is 4.14. The number of benzene rings is 2. The molecule has 3 amide bonds. The number of anilines is 1. The van der Waals surface area contributed by atoms with Crippen LogP contribution in [0.25, 0.3) is 11.3 Å². The van der Waals surface area contributed by atoms with Gasteiger partial charge in [0, 0.05) is 36.1 Å². The SMILES string of the molecule is Cc1ccc(CNC(=O)n2nc(-c3cc(NC(=O)c4ccco4)ccc3O)cc2C2CC2)cc1.NC(=O)n1cccn1. The normalized spacial score (nSPS) is 12.2. The Morgan fingerprint density at radius 2 is 1.86 bits per heavy atom. The minimum absolute atomic E-state index is 0.00283. The predicted molar refractivity (Wildman–Crippen MR) is 154 cm³/mol. The van der Waals surface area contributed by atoms with Gasteiger partial charge in [0.25, 0.3) is 5.91 Å². The van der Waals surface area contributed by atoms with Crippen LogP contribution in [0.4, 0.5) is 15.3 Å². The lowest BCUT2D eigenvalue weighted by atomic mass is 10.1. The van der Waals surface area contributed by atoms with E-state index in [1.807, 2.05) is 37.3 Å². The Bertz CT molecular complexity index is 1690. The van der Waals surface area contributed by atoms with Gasteiger partial charge >= 0.3 is 12.1 Å². The van der Waals surface area contributed by atoms with Crippen molar-refractivity contribution >= 4 is 23.7 Å². The monoisotopic (exact) mass is 567 g/mol. The van der Waals surface area contributed by atoms with E-state index >= 15 is 0 Å². The zero-order valence-electron chi connectivity index (χ0n) is 22.7. The molecule has 0 aliphatic heterocycles. The maximum atomic E-state index is 13.0. The van der Waals surface area contributed by atoms with E-state index in [0.29, 0.717) is 23.5 Å². The Kier molecular flexibility index (Phi) is 8.14. The van der Waals surface area contributed by atoms with Crippen LogP contribution < -0.4 is 16.4 Å². The summed E-state index contributed by atoms with van der Waals surface area (Å²) in [4.78, 5) is 35.5. The summed E-state index contributed by atoms with van der Waals surface area (Å²) in [5.74, 6) is 0.0416. The summed E-state index contributed by atoms with van der Waals surface area (Å²) in [6.07, 6.45) is 6.38. The van der Waals surface area contributed by atoms with E-state index in [4.69, 9.17) is 10.2 Å². The Morgan fingerprint density at radius 3 is 2.48 bits per heavy atom. The van der Waals surface area contributed by atoms with Gasteiger partial charge < -0.3 is 25.9 Å². The average Bonchev–Trinajstić information content (AvgIpc) is 3.40. The number of hydrogen-bond acceptors (Lipinski definition) is 7. The van der Waals surface area contributed by atoms with E-state index in [2.05, 4.69) is 20.8 Å². The van der Waals surface area contributed by atoms with Crippen LogP contribution in [-0.2, 0) is 6.54 Å². The Hall–Kier alpha value is -5.65. The molecule has 1 saturated carbocycles. The van der Waals surface area contributed by atoms with Crippen molar-refractivity contribution in [3.8, 4) is 17.0 Å². The largest absolute Gasteiger partial charge is 0.507 e. The molecule has 42 heavy (non-hydrogen) atoms. The lowest BCUT2D eigenvalue weighted by Crippen LogP contribution is -2.30. The number of aromatic hydroxyl groups is 1. The molecular formula is C30H29N7O5. The molecule has 0 saturated heterocycles. The van der Waals surface area contributed by atoms with Crippen molar-refractivity contribution in [2.45, 2.75) is 32.2 Å². The Morgan fingerprint density at radius 1 is 1.07 bits per heavy atom. The van der Waals surface area contributed by atoms with Crippen molar-refractivity contribution in [1.29, 1.82) is 0 Å². The second kappa shape index (κ2) is 12.3. The third-order valence-electron chi connectivity index (χ3n) is 6.49. The van der Waals surface area contributed by atoms with Gasteiger partial charge in [0.2, 0.25) is 0 Å². The van der Waals surface area contributed by atoms with Crippen molar-refractivity contribution in [2.24, 2.45) is 5.73 Å². The highest BCUT2D eigenvalue weighted by Crippen LogP contribution is 2.42. The fourth-order valence-corrected chi connectivity index (χ4v) is 4.14. The van der Waals surface area contributed by atoms with Crippen LogP contribution in [0, 0.1) is 6.92 Å². The van der Waals surface area contributed by atoms with Crippen molar-refractivity contribution in [1.82, 2.24) is 24.9 Å². The number of hydrogen-bond donors (Lipinski definition) is 4. The van der Waals surface area contributed by atoms with Crippen LogP contribution in [0.2, 0.25) is 0 Å². The van der Waals surface area contributed by atoms with Crippen LogP contribution in [0.3, 0.4) is 0 Å². The topological polar surface area (TPSA) is 170 Å². The number of nitrogens with one attached hydrogen (secondary N) is 2. The highest BCUT2D eigenvalue weighted by Gasteiger charge is 2.31. The number of aryl methyl sites for hydroxylation is 1. The van der Waals surface area contributed by atoms with Gasteiger partial charge in [0.05, 0.1) is 17.7 Å². The number of nitrogens with zero attached hydrogens (tertiary/aromatic N) is 4. The number of amides is 3. The molecule has 2 aromatic carbocycles. The van der Waals surface area contributed by atoms with Gasteiger partial charge in [-0.15, -0.1) is 0 Å². The van der Waals surface area contributed by atoms with Gasteiger partial charge in [-0.25, -0.2) is 9.59 Å². The highest BCUT2D eigenvalue weighted by atomic mass is 16.3. The van der Waals surface area contributed by atoms with Crippen LogP contribution >= 0.6 is 0 Å². The maximum Gasteiger partial charge on any atom is 0.342 e. The molecule has 5 aromatic rings. The van der Waals surface area contributed by atoms with Crippen molar-refractivity contribution < 1.29 is 23.9 Å². The molecule has 0 atom stereocenters. The van der Waals surface area contributed by atoms with E-state index in [9.17, 15) is 19.5 Å². The minimum atomic E-state index is -0.560. The summed E-state index contributed by atoms with van der Waals surface area (Å²) >= 11 is 0. The van der Waals surface area contributed by atoms with E-state index in [1.54, 1.807) is 30.3 Å².